The summed E-state index contributed by atoms with van der Waals surface area (Å²) in [7, 11) is 0. The zero-order valence-electron chi connectivity index (χ0n) is 27.0. The van der Waals surface area contributed by atoms with Gasteiger partial charge in [0.15, 0.2) is 18.0 Å². The molecule has 0 bridgehead atoms. The molecule has 8 atom stereocenters. The number of hydrogen-bond acceptors (Lipinski definition) is 14. The number of aromatic hydroxyl groups is 1. The Morgan fingerprint density at radius 3 is 2.44 bits per heavy atom. The molecule has 5 rings (SSSR count). The summed E-state index contributed by atoms with van der Waals surface area (Å²) in [6, 6.07) is 9.20. The van der Waals surface area contributed by atoms with Crippen LogP contribution in [0.1, 0.15) is 31.4 Å². The molecule has 3 heterocycles. The highest BCUT2D eigenvalue weighted by atomic mass is 16.7. The molecule has 8 unspecified atom stereocenters. The minimum absolute atomic E-state index is 0.00315. The molecule has 16 nitrogen and oxygen atoms in total. The SMILES string of the molecule is CC(C)C(CNC(O)C1(O)C(Oc2ccc3c(c2)OC(C(N)=O)C(c2ccc(O)cc2)=C3O)OC(C(=O)O)C(O)C1(O)C=O)CC1=CCN=C1. The first-order chi connectivity index (χ1) is 23.6. The van der Waals surface area contributed by atoms with E-state index in [1.807, 2.05) is 19.9 Å². The number of carboxylic acid groups (broad SMARTS) is 1. The number of phenols is 1. The number of carbonyl (C=O) groups excluding carboxylic acids is 2. The second-order valence-corrected chi connectivity index (χ2v) is 12.7. The van der Waals surface area contributed by atoms with Crippen LogP contribution in [0, 0.1) is 11.8 Å². The number of fused-ring (bicyclic) bond motifs is 1. The highest BCUT2D eigenvalue weighted by Crippen LogP contribution is 2.44. The van der Waals surface area contributed by atoms with Gasteiger partial charge in [-0.3, -0.25) is 19.9 Å². The van der Waals surface area contributed by atoms with Gasteiger partial charge in [-0.1, -0.05) is 32.1 Å². The van der Waals surface area contributed by atoms with Gasteiger partial charge in [0.25, 0.3) is 5.91 Å². The second-order valence-electron chi connectivity index (χ2n) is 12.7. The maximum atomic E-state index is 12.4. The van der Waals surface area contributed by atoms with E-state index in [0.717, 1.165) is 11.6 Å². The molecule has 1 amide bonds. The number of aldehydes is 1. The number of phenolic OH excluding ortho intramolecular Hbond substituents is 1. The number of carboxylic acids is 1. The summed E-state index contributed by atoms with van der Waals surface area (Å²) < 4.78 is 17.0. The number of allylic oxidation sites excluding steroid dienone is 1. The smallest absolute Gasteiger partial charge is 0.335 e. The maximum absolute atomic E-state index is 12.4. The Bertz CT molecular complexity index is 1720. The van der Waals surface area contributed by atoms with Crippen molar-refractivity contribution in [2.24, 2.45) is 22.6 Å². The Labute approximate surface area is 285 Å². The van der Waals surface area contributed by atoms with Crippen molar-refractivity contribution in [2.45, 2.75) is 62.3 Å². The van der Waals surface area contributed by atoms with Crippen LogP contribution >= 0.6 is 0 Å². The third-order valence-electron chi connectivity index (χ3n) is 9.23. The summed E-state index contributed by atoms with van der Waals surface area (Å²) >= 11 is 0. The van der Waals surface area contributed by atoms with Crippen molar-refractivity contribution < 1.29 is 64.3 Å². The van der Waals surface area contributed by atoms with E-state index in [0.29, 0.717) is 18.5 Å². The van der Waals surface area contributed by atoms with E-state index in [1.165, 1.54) is 36.4 Å². The Morgan fingerprint density at radius 2 is 1.86 bits per heavy atom. The molecule has 1 saturated heterocycles. The van der Waals surface area contributed by atoms with Crippen LogP contribution in [0.4, 0.5) is 0 Å². The molecule has 1 fully saturated rings. The molecular formula is C34H39N3O13. The lowest BCUT2D eigenvalue weighted by Gasteiger charge is -2.53. The van der Waals surface area contributed by atoms with E-state index in [1.54, 1.807) is 6.21 Å². The average Bonchev–Trinajstić information content (AvgIpc) is 3.60. The number of ether oxygens (including phenoxy) is 3. The minimum Gasteiger partial charge on any atom is -0.508 e. The fourth-order valence-corrected chi connectivity index (χ4v) is 6.16. The third-order valence-corrected chi connectivity index (χ3v) is 9.23. The first-order valence-electron chi connectivity index (χ1n) is 15.7. The zero-order chi connectivity index (χ0) is 36.5. The van der Waals surface area contributed by atoms with E-state index < -0.39 is 59.7 Å². The number of nitrogens with one attached hydrogen (secondary N) is 1. The quantitative estimate of drug-likeness (QED) is 0.0974. The molecule has 0 aliphatic carbocycles. The Hall–Kier alpha value is -4.84. The molecule has 16 heteroatoms. The van der Waals surface area contributed by atoms with Gasteiger partial charge in [-0.05, 0) is 53.7 Å². The number of benzene rings is 2. The molecule has 3 aliphatic heterocycles. The van der Waals surface area contributed by atoms with E-state index in [2.05, 4.69) is 10.3 Å². The number of aliphatic hydroxyl groups is 5. The van der Waals surface area contributed by atoms with E-state index in [4.69, 9.17) is 19.9 Å². The Balaban J connectivity index is 1.50. The molecular weight excluding hydrogens is 658 g/mol. The summed E-state index contributed by atoms with van der Waals surface area (Å²) in [5.41, 5.74) is 0.321. The highest BCUT2D eigenvalue weighted by Gasteiger charge is 2.71. The lowest BCUT2D eigenvalue weighted by molar-refractivity contribution is -0.359. The zero-order valence-corrected chi connectivity index (χ0v) is 27.0. The molecule has 0 spiro atoms. The normalized spacial score (nSPS) is 28.7. The Kier molecular flexibility index (Phi) is 10.3. The van der Waals surface area contributed by atoms with Gasteiger partial charge in [-0.15, -0.1) is 0 Å². The third kappa shape index (κ3) is 6.56. The van der Waals surface area contributed by atoms with Gasteiger partial charge >= 0.3 is 5.97 Å². The van der Waals surface area contributed by atoms with Crippen LogP contribution in [0.2, 0.25) is 0 Å². The molecule has 10 N–H and O–H groups in total. The summed E-state index contributed by atoms with van der Waals surface area (Å²) in [6.45, 7) is 4.41. The van der Waals surface area contributed by atoms with E-state index in [-0.39, 0.29) is 53.1 Å². The van der Waals surface area contributed by atoms with Gasteiger partial charge in [-0.2, -0.15) is 0 Å². The van der Waals surface area contributed by atoms with Crippen molar-refractivity contribution in [2.75, 3.05) is 13.1 Å². The van der Waals surface area contributed by atoms with Crippen LogP contribution in [0.3, 0.4) is 0 Å². The molecule has 0 radical (unpaired) electrons. The number of aliphatic imine (C=N–C) groups is 1. The lowest BCUT2D eigenvalue weighted by Crippen LogP contribution is -2.82. The number of hydrogen-bond donors (Lipinski definition) is 9. The summed E-state index contributed by atoms with van der Waals surface area (Å²) in [5, 5.41) is 78.9. The van der Waals surface area contributed by atoms with Crippen LogP contribution in [-0.2, 0) is 19.1 Å². The van der Waals surface area contributed by atoms with Gasteiger partial charge in [-0.25, -0.2) is 4.79 Å². The molecule has 0 saturated carbocycles. The van der Waals surface area contributed by atoms with Crippen LogP contribution in [0.15, 0.2) is 59.1 Å². The van der Waals surface area contributed by atoms with E-state index in [9.17, 15) is 50.1 Å². The largest absolute Gasteiger partial charge is 0.508 e. The van der Waals surface area contributed by atoms with Gasteiger partial charge in [0.1, 0.15) is 35.3 Å². The number of amides is 1. The molecule has 0 aromatic heterocycles. The van der Waals surface area contributed by atoms with Crippen LogP contribution < -0.4 is 20.5 Å². The minimum atomic E-state index is -3.36. The average molecular weight is 698 g/mol. The standard InChI is InChI=1S/C34H39N3O13/c1-16(2)19(11-17-9-10-36-13-17)14-37-31(45)34(47)32(50-27(30(43)44)28(41)33(34,46)15-38)48-21-7-8-22-23(12-21)49-26(29(35)42)24(25(22)40)18-3-5-20(39)6-4-18/h3-9,12-13,15-16,19,26-28,31-32,37,39-41,45-47H,10-11,14H2,1-2H3,(H2,35,42)(H,43,44). The van der Waals surface area contributed by atoms with E-state index >= 15 is 0 Å². The van der Waals surface area contributed by atoms with Crippen molar-refractivity contribution in [1.82, 2.24) is 5.32 Å². The van der Waals surface area contributed by atoms with Gasteiger partial charge in [0.2, 0.25) is 18.0 Å². The summed E-state index contributed by atoms with van der Waals surface area (Å²) in [5.74, 6) is -3.82. The van der Waals surface area contributed by atoms with Crippen molar-refractivity contribution >= 4 is 35.7 Å². The number of aliphatic hydroxyl groups excluding tert-OH is 3. The number of primary amides is 1. The first kappa shape index (κ1) is 36.4. The number of nitrogens with zero attached hydrogens (tertiary/aromatic N) is 1. The van der Waals surface area contributed by atoms with Crippen LogP contribution in [-0.4, -0.2) is 115 Å². The highest BCUT2D eigenvalue weighted by molar-refractivity contribution is 6.03. The second kappa shape index (κ2) is 14.2. The Morgan fingerprint density at radius 1 is 1.16 bits per heavy atom. The van der Waals surface area contributed by atoms with Crippen molar-refractivity contribution in [3.8, 4) is 17.2 Å². The number of aliphatic carboxylic acids is 1. The maximum Gasteiger partial charge on any atom is 0.335 e. The first-order valence-corrected chi connectivity index (χ1v) is 15.7. The number of carbonyl (C=O) groups is 3. The number of nitrogens with two attached hydrogens (primary N) is 1. The van der Waals surface area contributed by atoms with Crippen LogP contribution in [0.5, 0.6) is 17.2 Å². The van der Waals surface area contributed by atoms with Gasteiger partial charge in [0.05, 0.1) is 17.7 Å². The summed E-state index contributed by atoms with van der Waals surface area (Å²) in [6.07, 6.45) is -7.09. The lowest BCUT2D eigenvalue weighted by atomic mass is 9.73. The van der Waals surface area contributed by atoms with Gasteiger partial charge < -0.3 is 55.7 Å². The predicted octanol–water partition coefficient (Wildman–Crippen LogP) is -0.144. The molecule has 50 heavy (non-hydrogen) atoms. The van der Waals surface area contributed by atoms with Crippen molar-refractivity contribution in [1.29, 1.82) is 0 Å². The monoisotopic (exact) mass is 697 g/mol. The molecule has 2 aromatic carbocycles. The molecule has 268 valence electrons. The number of rotatable bonds is 13. The predicted molar refractivity (Wildman–Crippen MR) is 175 cm³/mol. The fourth-order valence-electron chi connectivity index (χ4n) is 6.16. The molecule has 2 aromatic rings. The summed E-state index contributed by atoms with van der Waals surface area (Å²) in [4.78, 5) is 41.1. The molecule has 3 aliphatic rings. The fraction of sp³-hybridized carbons (Fsp3) is 0.412. The van der Waals surface area contributed by atoms with Crippen LogP contribution in [0.25, 0.3) is 11.3 Å². The topological polar surface area (TPSA) is 271 Å². The van der Waals surface area contributed by atoms with Crippen molar-refractivity contribution in [3.05, 3.63) is 65.2 Å². The van der Waals surface area contributed by atoms with Crippen molar-refractivity contribution in [3.63, 3.8) is 0 Å². The van der Waals surface area contributed by atoms with Gasteiger partial charge in [0, 0.05) is 18.8 Å².